The molecule has 0 aliphatic heterocycles. The minimum Gasteiger partial charge on any atom is 0 e. The first-order chi connectivity index (χ1) is 1.41. The molecule has 0 aromatic carbocycles. The monoisotopic (exact) mass is 314 g/mol. The van der Waals surface area contributed by atoms with E-state index in [1.807, 2.05) is 0 Å². The van der Waals surface area contributed by atoms with Crippen LogP contribution in [-0.2, 0) is 44.6 Å². The molecule has 4 heavy (non-hydrogen) atoms. The van der Waals surface area contributed by atoms with E-state index in [-0.39, 0.29) is 19.5 Å². The van der Waals surface area contributed by atoms with Crippen molar-refractivity contribution < 1.29 is 44.6 Å². The standard InChI is InChI=1S/Hg.O.S.Zn. The van der Waals surface area contributed by atoms with Crippen molar-refractivity contribution in [2.75, 3.05) is 0 Å². The SMILES string of the molecule is [O]=[Hg]=[S].[Zn]. The Balaban J connectivity index is 0. The second kappa shape index (κ2) is 8.82. The minimum absolute atomic E-state index is 0. The van der Waals surface area contributed by atoms with Crippen molar-refractivity contribution in [1.29, 1.82) is 0 Å². The third-order valence-corrected chi connectivity index (χ3v) is 0. The van der Waals surface area contributed by atoms with Gasteiger partial charge in [-0.15, -0.1) is 0 Å². The van der Waals surface area contributed by atoms with E-state index in [2.05, 4.69) is 8.58 Å². The molecule has 0 heterocycles. The van der Waals surface area contributed by atoms with Crippen LogP contribution in [0.25, 0.3) is 0 Å². The number of hydrogen-bond donors (Lipinski definition) is 0. The van der Waals surface area contributed by atoms with Crippen LogP contribution in [-0.4, -0.2) is 0 Å². The summed E-state index contributed by atoms with van der Waals surface area (Å²) in [5.41, 5.74) is 0. The quantitative estimate of drug-likeness (QED) is 0.607. The van der Waals surface area contributed by atoms with Gasteiger partial charge in [-0.05, 0) is 0 Å². The van der Waals surface area contributed by atoms with Crippen molar-refractivity contribution in [2.45, 2.75) is 0 Å². The maximum atomic E-state index is 8.97. The minimum atomic E-state index is -1.75. The summed E-state index contributed by atoms with van der Waals surface area (Å²) in [4.78, 5) is 0. The fraction of sp³-hybridized carbons (Fsp3) is 0. The molecule has 0 aliphatic carbocycles. The fourth-order valence-electron chi connectivity index (χ4n) is 0. The molecule has 0 atom stereocenters. The molecule has 0 spiro atoms. The van der Waals surface area contributed by atoms with Crippen LogP contribution in [0.5, 0.6) is 0 Å². The Morgan fingerprint density at radius 2 is 1.75 bits per heavy atom. The zero-order valence-corrected chi connectivity index (χ0v) is 11.5. The van der Waals surface area contributed by atoms with E-state index in [1.165, 1.54) is 0 Å². The Morgan fingerprint density at radius 3 is 1.75 bits per heavy atom. The van der Waals surface area contributed by atoms with Crippen molar-refractivity contribution in [2.24, 2.45) is 0 Å². The molecule has 16 valence electrons. The summed E-state index contributed by atoms with van der Waals surface area (Å²) in [5.74, 6) is 0. The third kappa shape index (κ3) is 9.55. The predicted octanol–water partition coefficient (Wildman–Crippen LogP) is 0.524. The molecule has 0 aliphatic rings. The maximum Gasteiger partial charge on any atom is 0 e. The summed E-state index contributed by atoms with van der Waals surface area (Å²) in [6, 6.07) is 0. The summed E-state index contributed by atoms with van der Waals surface area (Å²) in [7, 11) is 4.06. The average molecular weight is 314 g/mol. The van der Waals surface area contributed by atoms with Crippen LogP contribution < -0.4 is 0 Å². The molecule has 0 aromatic rings. The largest absolute Gasteiger partial charge is 0 e. The summed E-state index contributed by atoms with van der Waals surface area (Å²) >= 11 is -1.75. The molecule has 0 aromatic heterocycles. The van der Waals surface area contributed by atoms with Gasteiger partial charge in [0.2, 0.25) is 0 Å². The van der Waals surface area contributed by atoms with Crippen LogP contribution in [0.1, 0.15) is 0 Å². The van der Waals surface area contributed by atoms with Crippen LogP contribution >= 0.6 is 8.58 Å². The van der Waals surface area contributed by atoms with Gasteiger partial charge in [0, 0.05) is 19.5 Å². The van der Waals surface area contributed by atoms with E-state index in [1.54, 1.807) is 0 Å². The predicted molar refractivity (Wildman–Crippen MR) is 8.28 cm³/mol. The maximum absolute atomic E-state index is 8.97. The smallest absolute Gasteiger partial charge is 0 e. The van der Waals surface area contributed by atoms with Gasteiger partial charge in [0.15, 0.2) is 0 Å². The molecule has 0 N–H and O–H groups in total. The average Bonchev–Trinajstić information content (AvgIpc) is 0.918. The molecule has 0 unspecified atom stereocenters. The molecule has 0 bridgehead atoms. The van der Waals surface area contributed by atoms with Gasteiger partial charge >= 0.3 is 33.7 Å². The second-order valence-electron chi connectivity index (χ2n) is 0.118. The fourth-order valence-corrected chi connectivity index (χ4v) is 0. The van der Waals surface area contributed by atoms with Gasteiger partial charge in [0.05, 0.1) is 0 Å². The first-order valence-electron chi connectivity index (χ1n) is 0.577. The Morgan fingerprint density at radius 1 is 1.75 bits per heavy atom. The van der Waals surface area contributed by atoms with E-state index < -0.39 is 22.5 Å². The normalized spacial score (nSPS) is 5.00. The van der Waals surface area contributed by atoms with Crippen LogP contribution in [0, 0.1) is 0 Å². The second-order valence-corrected chi connectivity index (χ2v) is 3.10. The van der Waals surface area contributed by atoms with E-state index >= 15 is 0 Å². The first kappa shape index (κ1) is 9.13. The van der Waals surface area contributed by atoms with Gasteiger partial charge in [-0.25, -0.2) is 0 Å². The molecule has 1 nitrogen and oxygen atoms in total. The summed E-state index contributed by atoms with van der Waals surface area (Å²) < 4.78 is 8.97. The summed E-state index contributed by atoms with van der Waals surface area (Å²) in [5, 5.41) is 0. The van der Waals surface area contributed by atoms with Crippen molar-refractivity contribution in [3.8, 4) is 0 Å². The molecule has 0 amide bonds. The van der Waals surface area contributed by atoms with Crippen LogP contribution in [0.15, 0.2) is 0 Å². The Kier molecular flexibility index (Phi) is 20.1. The van der Waals surface area contributed by atoms with Crippen LogP contribution in [0.3, 0.4) is 0 Å². The zero-order valence-electron chi connectivity index (χ0n) is 2.23. The Bertz CT molecular complexity index is 29.0. The van der Waals surface area contributed by atoms with Gasteiger partial charge in [-0.2, -0.15) is 0 Å². The molecule has 0 fully saturated rings. The molecule has 0 rings (SSSR count). The molecule has 0 radical (unpaired) electrons. The first-order valence-corrected chi connectivity index (χ1v) is 10.1. The third-order valence-electron chi connectivity index (χ3n) is 0. The van der Waals surface area contributed by atoms with Crippen molar-refractivity contribution in [1.82, 2.24) is 0 Å². The molecule has 0 saturated heterocycles. The van der Waals surface area contributed by atoms with Gasteiger partial charge in [0.25, 0.3) is 0 Å². The van der Waals surface area contributed by atoms with Gasteiger partial charge < -0.3 is 0 Å². The molecular formula is HgOSZn. The Labute approximate surface area is 52.6 Å². The van der Waals surface area contributed by atoms with Crippen molar-refractivity contribution in [3.63, 3.8) is 0 Å². The van der Waals surface area contributed by atoms with E-state index in [0.29, 0.717) is 0 Å². The van der Waals surface area contributed by atoms with E-state index in [0.717, 1.165) is 0 Å². The van der Waals surface area contributed by atoms with Gasteiger partial charge in [0.1, 0.15) is 0 Å². The van der Waals surface area contributed by atoms with Gasteiger partial charge in [-0.1, -0.05) is 0 Å². The molecule has 4 heteroatoms. The topological polar surface area (TPSA) is 17.1 Å². The summed E-state index contributed by atoms with van der Waals surface area (Å²) in [6.07, 6.45) is 0. The van der Waals surface area contributed by atoms with Crippen LogP contribution in [0.4, 0.5) is 0 Å². The number of rotatable bonds is 0. The van der Waals surface area contributed by atoms with Crippen molar-refractivity contribution in [3.05, 3.63) is 0 Å². The zero-order chi connectivity index (χ0) is 2.71. The van der Waals surface area contributed by atoms with Crippen LogP contribution in [0.2, 0.25) is 0 Å². The molecule has 0 saturated carbocycles. The van der Waals surface area contributed by atoms with Gasteiger partial charge in [-0.3, -0.25) is 0 Å². The number of hydrogen-bond acceptors (Lipinski definition) is 2. The summed E-state index contributed by atoms with van der Waals surface area (Å²) in [6.45, 7) is 0. The van der Waals surface area contributed by atoms with E-state index in [4.69, 9.17) is 2.64 Å². The van der Waals surface area contributed by atoms with E-state index in [9.17, 15) is 0 Å². The Hall–Kier alpha value is 1.58. The van der Waals surface area contributed by atoms with Crippen molar-refractivity contribution >= 4 is 8.58 Å². The molecular weight excluding hydrogens is 314 g/mol.